The van der Waals surface area contributed by atoms with Crippen LogP contribution in [0.3, 0.4) is 0 Å². The topological polar surface area (TPSA) is 32.3 Å². The van der Waals surface area contributed by atoms with Crippen LogP contribution in [-0.4, -0.2) is 30.3 Å². The van der Waals surface area contributed by atoms with Gasteiger partial charge in [0.15, 0.2) is 0 Å². The van der Waals surface area contributed by atoms with Gasteiger partial charge in [0.05, 0.1) is 18.7 Å². The summed E-state index contributed by atoms with van der Waals surface area (Å²) >= 11 is 0. The van der Waals surface area contributed by atoms with Crippen molar-refractivity contribution in [1.82, 2.24) is 10.2 Å². The number of rotatable bonds is 3. The van der Waals surface area contributed by atoms with Crippen molar-refractivity contribution in [3.05, 3.63) is 35.4 Å². The lowest BCUT2D eigenvalue weighted by atomic mass is 10.0. The third-order valence-electron chi connectivity index (χ3n) is 2.97. The highest BCUT2D eigenvalue weighted by atomic mass is 19.4. The van der Waals surface area contributed by atoms with Gasteiger partial charge in [-0.15, -0.1) is 0 Å². The van der Waals surface area contributed by atoms with Crippen LogP contribution in [0.2, 0.25) is 0 Å². The smallest absolute Gasteiger partial charge is 0.316 e. The zero-order valence-corrected chi connectivity index (χ0v) is 10.1. The lowest BCUT2D eigenvalue weighted by Crippen LogP contribution is -2.35. The van der Waals surface area contributed by atoms with E-state index in [0.29, 0.717) is 0 Å². The number of carbonyl (C=O) groups excluding carboxylic acids is 1. The molecule has 1 heterocycles. The molecule has 1 unspecified atom stereocenters. The zero-order valence-electron chi connectivity index (χ0n) is 10.1. The van der Waals surface area contributed by atoms with E-state index in [-0.39, 0.29) is 12.1 Å². The van der Waals surface area contributed by atoms with Gasteiger partial charge in [0.1, 0.15) is 6.17 Å². The second-order valence-corrected chi connectivity index (χ2v) is 4.31. The van der Waals surface area contributed by atoms with Crippen LogP contribution in [0.25, 0.3) is 0 Å². The average molecular weight is 294 g/mol. The largest absolute Gasteiger partial charge is 0.416 e. The summed E-state index contributed by atoms with van der Waals surface area (Å²) in [4.78, 5) is 12.2. The Morgan fingerprint density at radius 1 is 1.30 bits per heavy atom. The molecule has 0 radical (unpaired) electrons. The maximum atomic E-state index is 12.9. The second kappa shape index (κ2) is 5.35. The van der Waals surface area contributed by atoms with Gasteiger partial charge < -0.3 is 4.90 Å². The first kappa shape index (κ1) is 14.7. The van der Waals surface area contributed by atoms with E-state index >= 15 is 0 Å². The number of alkyl halides is 5. The molecule has 1 fully saturated rings. The van der Waals surface area contributed by atoms with Crippen molar-refractivity contribution in [1.29, 1.82) is 0 Å². The third-order valence-corrected chi connectivity index (χ3v) is 2.97. The fourth-order valence-electron chi connectivity index (χ4n) is 2.17. The van der Waals surface area contributed by atoms with E-state index in [1.54, 1.807) is 0 Å². The number of carbonyl (C=O) groups is 1. The molecule has 1 aliphatic heterocycles. The second-order valence-electron chi connectivity index (χ2n) is 4.31. The molecule has 20 heavy (non-hydrogen) atoms. The van der Waals surface area contributed by atoms with E-state index in [9.17, 15) is 26.7 Å². The van der Waals surface area contributed by atoms with E-state index < -0.39 is 36.8 Å². The predicted octanol–water partition coefficient (Wildman–Crippen LogP) is 2.40. The first-order chi connectivity index (χ1) is 9.30. The predicted molar refractivity (Wildman–Crippen MR) is 59.9 cm³/mol. The normalized spacial score (nSPS) is 20.0. The maximum Gasteiger partial charge on any atom is 0.416 e. The Bertz CT molecular complexity index is 503. The SMILES string of the molecule is O=C1CNC(c2ccccc2C(F)(F)F)N1CC(F)F. The summed E-state index contributed by atoms with van der Waals surface area (Å²) in [5, 5.41) is 2.53. The van der Waals surface area contributed by atoms with Crippen molar-refractivity contribution in [3.8, 4) is 0 Å². The summed E-state index contributed by atoms with van der Waals surface area (Å²) in [6, 6.07) is 4.62. The molecule has 1 aromatic rings. The molecule has 8 heteroatoms. The third kappa shape index (κ3) is 2.90. The van der Waals surface area contributed by atoms with E-state index in [1.165, 1.54) is 18.2 Å². The maximum absolute atomic E-state index is 12.9. The molecule has 0 bridgehead atoms. The van der Waals surface area contributed by atoms with Gasteiger partial charge in [0.2, 0.25) is 5.91 Å². The van der Waals surface area contributed by atoms with Crippen LogP contribution >= 0.6 is 0 Å². The van der Waals surface area contributed by atoms with Gasteiger partial charge in [-0.1, -0.05) is 18.2 Å². The Hall–Kier alpha value is -1.70. The molecule has 110 valence electrons. The van der Waals surface area contributed by atoms with Crippen LogP contribution < -0.4 is 5.32 Å². The molecule has 0 aromatic heterocycles. The summed E-state index contributed by atoms with van der Waals surface area (Å²) in [6.07, 6.45) is -8.60. The Balaban J connectivity index is 2.38. The van der Waals surface area contributed by atoms with Crippen LogP contribution in [-0.2, 0) is 11.0 Å². The van der Waals surface area contributed by atoms with Crippen LogP contribution in [0.4, 0.5) is 22.0 Å². The molecular weight excluding hydrogens is 283 g/mol. The zero-order chi connectivity index (χ0) is 14.9. The number of nitrogens with one attached hydrogen (secondary N) is 1. The van der Waals surface area contributed by atoms with E-state index in [0.717, 1.165) is 11.0 Å². The average Bonchev–Trinajstić information content (AvgIpc) is 2.69. The molecule has 1 amide bonds. The van der Waals surface area contributed by atoms with E-state index in [2.05, 4.69) is 5.32 Å². The number of hydrogen-bond donors (Lipinski definition) is 1. The van der Waals surface area contributed by atoms with Crippen molar-refractivity contribution in [2.75, 3.05) is 13.1 Å². The highest BCUT2D eigenvalue weighted by Gasteiger charge is 2.40. The molecular formula is C12H11F5N2O. The van der Waals surface area contributed by atoms with Gasteiger partial charge >= 0.3 is 6.18 Å². The van der Waals surface area contributed by atoms with Crippen molar-refractivity contribution in [2.24, 2.45) is 0 Å². The molecule has 0 aliphatic carbocycles. The molecule has 2 rings (SSSR count). The summed E-state index contributed by atoms with van der Waals surface area (Å²) in [5.74, 6) is -0.646. The highest BCUT2D eigenvalue weighted by molar-refractivity contribution is 5.81. The van der Waals surface area contributed by atoms with Gasteiger partial charge in [0, 0.05) is 5.56 Å². The van der Waals surface area contributed by atoms with Gasteiger partial charge in [-0.3, -0.25) is 10.1 Å². The number of hydrogen-bond acceptors (Lipinski definition) is 2. The molecule has 1 N–H and O–H groups in total. The first-order valence-corrected chi connectivity index (χ1v) is 5.78. The van der Waals surface area contributed by atoms with Crippen LogP contribution in [0.1, 0.15) is 17.3 Å². The number of benzene rings is 1. The van der Waals surface area contributed by atoms with Crippen molar-refractivity contribution >= 4 is 5.91 Å². The minimum atomic E-state index is -4.61. The summed E-state index contributed by atoms with van der Waals surface area (Å²) in [7, 11) is 0. The number of amides is 1. The lowest BCUT2D eigenvalue weighted by Gasteiger charge is -2.26. The quantitative estimate of drug-likeness (QED) is 0.868. The minimum absolute atomic E-state index is 0.230. The van der Waals surface area contributed by atoms with E-state index in [1.807, 2.05) is 0 Å². The Morgan fingerprint density at radius 2 is 1.95 bits per heavy atom. The minimum Gasteiger partial charge on any atom is -0.316 e. The van der Waals surface area contributed by atoms with Gasteiger partial charge in [-0.05, 0) is 6.07 Å². The highest BCUT2D eigenvalue weighted by Crippen LogP contribution is 2.36. The Kier molecular flexibility index (Phi) is 3.94. The molecule has 0 saturated carbocycles. The van der Waals surface area contributed by atoms with Crippen LogP contribution in [0.15, 0.2) is 24.3 Å². The molecule has 1 aromatic carbocycles. The fourth-order valence-corrected chi connectivity index (χ4v) is 2.17. The van der Waals surface area contributed by atoms with Crippen LogP contribution in [0.5, 0.6) is 0 Å². The van der Waals surface area contributed by atoms with Gasteiger partial charge in [-0.25, -0.2) is 8.78 Å². The summed E-state index contributed by atoms with van der Waals surface area (Å²) in [5.41, 5.74) is -1.17. The lowest BCUT2D eigenvalue weighted by molar-refractivity contribution is -0.140. The summed E-state index contributed by atoms with van der Waals surface area (Å²) in [6.45, 7) is -1.16. The Labute approximate surface area is 111 Å². The van der Waals surface area contributed by atoms with Crippen molar-refractivity contribution in [3.63, 3.8) is 0 Å². The molecule has 1 saturated heterocycles. The Morgan fingerprint density at radius 3 is 2.55 bits per heavy atom. The van der Waals surface area contributed by atoms with Gasteiger partial charge in [0.25, 0.3) is 6.43 Å². The molecule has 1 atom stereocenters. The summed E-state index contributed by atoms with van der Waals surface area (Å²) < 4.78 is 63.6. The fraction of sp³-hybridized carbons (Fsp3) is 0.417. The molecule has 3 nitrogen and oxygen atoms in total. The number of nitrogens with zero attached hydrogens (tertiary/aromatic N) is 1. The van der Waals surface area contributed by atoms with Crippen LogP contribution in [0, 0.1) is 0 Å². The molecule has 1 aliphatic rings. The first-order valence-electron chi connectivity index (χ1n) is 5.78. The molecule has 0 spiro atoms. The van der Waals surface area contributed by atoms with Gasteiger partial charge in [-0.2, -0.15) is 13.2 Å². The standard InChI is InChI=1S/C12H11F5N2O/c13-9(14)6-19-10(20)5-18-11(19)7-3-1-2-4-8(7)12(15,16)17/h1-4,9,11,18H,5-6H2. The van der Waals surface area contributed by atoms with Crippen molar-refractivity contribution < 1.29 is 26.7 Å². The monoisotopic (exact) mass is 294 g/mol. The van der Waals surface area contributed by atoms with Crippen molar-refractivity contribution in [2.45, 2.75) is 18.8 Å². The van der Waals surface area contributed by atoms with E-state index in [4.69, 9.17) is 0 Å². The number of halogens is 5.